The number of thioether (sulfide) groups is 1. The minimum absolute atomic E-state index is 0.0161. The summed E-state index contributed by atoms with van der Waals surface area (Å²) in [7, 11) is -3.35. The van der Waals surface area contributed by atoms with Crippen molar-refractivity contribution in [2.75, 3.05) is 23.9 Å². The molecule has 1 saturated heterocycles. The lowest BCUT2D eigenvalue weighted by Crippen LogP contribution is -2.22. The minimum Gasteiger partial charge on any atom is -0.377 e. The van der Waals surface area contributed by atoms with Gasteiger partial charge in [0.15, 0.2) is 9.84 Å². The van der Waals surface area contributed by atoms with E-state index in [4.69, 9.17) is 4.74 Å². The van der Waals surface area contributed by atoms with Gasteiger partial charge in [-0.05, 0) is 50.3 Å². The summed E-state index contributed by atoms with van der Waals surface area (Å²) in [6.45, 7) is 2.46. The van der Waals surface area contributed by atoms with Gasteiger partial charge in [-0.2, -0.15) is 11.8 Å². The van der Waals surface area contributed by atoms with Crippen LogP contribution in [0.2, 0.25) is 0 Å². The lowest BCUT2D eigenvalue weighted by molar-refractivity contribution is -0.115. The van der Waals surface area contributed by atoms with Gasteiger partial charge in [0.2, 0.25) is 5.91 Å². The van der Waals surface area contributed by atoms with Crippen LogP contribution in [-0.2, 0) is 19.4 Å². The van der Waals surface area contributed by atoms with E-state index in [9.17, 15) is 13.2 Å². The first-order valence-electron chi connectivity index (χ1n) is 7.20. The lowest BCUT2D eigenvalue weighted by Gasteiger charge is -2.12. The summed E-state index contributed by atoms with van der Waals surface area (Å²) >= 11 is 1.46. The molecule has 0 saturated carbocycles. The third kappa shape index (κ3) is 4.47. The molecule has 0 bridgehead atoms. The Labute approximate surface area is 135 Å². The summed E-state index contributed by atoms with van der Waals surface area (Å²) < 4.78 is 30.0. The third-order valence-electron chi connectivity index (χ3n) is 3.63. The normalized spacial score (nSPS) is 19.8. The van der Waals surface area contributed by atoms with Gasteiger partial charge in [-0.1, -0.05) is 0 Å². The number of hydrogen-bond donors (Lipinski definition) is 1. The zero-order valence-electron chi connectivity index (χ0n) is 12.7. The van der Waals surface area contributed by atoms with Crippen LogP contribution in [-0.4, -0.2) is 44.3 Å². The molecule has 1 heterocycles. The highest BCUT2D eigenvalue weighted by Gasteiger charge is 2.24. The highest BCUT2D eigenvalue weighted by molar-refractivity contribution is 7.99. The Hall–Kier alpha value is -1.05. The molecule has 2 rings (SSSR count). The average molecular weight is 343 g/mol. The van der Waals surface area contributed by atoms with Crippen molar-refractivity contribution in [3.63, 3.8) is 0 Å². The van der Waals surface area contributed by atoms with E-state index in [0.717, 1.165) is 12.8 Å². The molecule has 1 aromatic rings. The predicted molar refractivity (Wildman–Crippen MR) is 89.1 cm³/mol. The number of sulfone groups is 1. The van der Waals surface area contributed by atoms with Crippen molar-refractivity contribution in [3.8, 4) is 0 Å². The monoisotopic (exact) mass is 343 g/mol. The fourth-order valence-electron chi connectivity index (χ4n) is 2.21. The van der Waals surface area contributed by atoms with Crippen LogP contribution < -0.4 is 5.32 Å². The molecule has 22 heavy (non-hydrogen) atoms. The molecule has 1 aliphatic heterocycles. The number of rotatable bonds is 6. The van der Waals surface area contributed by atoms with Gasteiger partial charge in [-0.25, -0.2) is 8.42 Å². The highest BCUT2D eigenvalue weighted by Crippen LogP contribution is 2.21. The summed E-state index contributed by atoms with van der Waals surface area (Å²) in [5, 5.41) is 2.62. The van der Waals surface area contributed by atoms with Gasteiger partial charge in [-0.15, -0.1) is 0 Å². The van der Waals surface area contributed by atoms with E-state index in [0.29, 0.717) is 12.3 Å². The second kappa shape index (κ2) is 7.48. The largest absolute Gasteiger partial charge is 0.377 e. The first-order chi connectivity index (χ1) is 10.4. The molecule has 1 fully saturated rings. The molecule has 2 atom stereocenters. The average Bonchev–Trinajstić information content (AvgIpc) is 2.99. The van der Waals surface area contributed by atoms with E-state index in [1.807, 2.05) is 13.2 Å². The van der Waals surface area contributed by atoms with Crippen LogP contribution in [0.3, 0.4) is 0 Å². The quantitative estimate of drug-likeness (QED) is 0.858. The van der Waals surface area contributed by atoms with Gasteiger partial charge >= 0.3 is 0 Å². The van der Waals surface area contributed by atoms with Crippen LogP contribution in [0.15, 0.2) is 29.2 Å². The summed E-state index contributed by atoms with van der Waals surface area (Å²) in [5.74, 6) is -0.0789. The fourth-order valence-corrected chi connectivity index (χ4v) is 3.98. The Morgan fingerprint density at radius 1 is 1.41 bits per heavy atom. The maximum atomic E-state index is 12.3. The van der Waals surface area contributed by atoms with E-state index in [-0.39, 0.29) is 27.9 Å². The Kier molecular flexibility index (Phi) is 5.88. The second-order valence-electron chi connectivity index (χ2n) is 5.31. The number of carbonyl (C=O) groups is 1. The van der Waals surface area contributed by atoms with Crippen LogP contribution >= 0.6 is 11.8 Å². The van der Waals surface area contributed by atoms with Gasteiger partial charge < -0.3 is 10.1 Å². The number of hydrogen-bond acceptors (Lipinski definition) is 5. The topological polar surface area (TPSA) is 72.5 Å². The molecule has 1 amide bonds. The van der Waals surface area contributed by atoms with Crippen LogP contribution in [0, 0.1) is 0 Å². The van der Waals surface area contributed by atoms with Crippen molar-refractivity contribution in [2.45, 2.75) is 36.0 Å². The Bertz CT molecular complexity index is 607. The van der Waals surface area contributed by atoms with E-state index >= 15 is 0 Å². The van der Waals surface area contributed by atoms with Crippen molar-refractivity contribution in [3.05, 3.63) is 24.3 Å². The summed E-state index contributed by atoms with van der Waals surface area (Å²) in [6.07, 6.45) is 3.37. The Morgan fingerprint density at radius 2 is 2.09 bits per heavy atom. The molecule has 0 unspecified atom stereocenters. The number of nitrogens with one attached hydrogen (secondary N) is 1. The van der Waals surface area contributed by atoms with Crippen molar-refractivity contribution < 1.29 is 17.9 Å². The summed E-state index contributed by atoms with van der Waals surface area (Å²) in [5.41, 5.74) is 0.599. The van der Waals surface area contributed by atoms with Crippen molar-refractivity contribution in [1.29, 1.82) is 0 Å². The number of benzene rings is 1. The molecular weight excluding hydrogens is 322 g/mol. The smallest absolute Gasteiger partial charge is 0.237 e. The minimum atomic E-state index is -3.35. The predicted octanol–water partition coefficient (Wildman–Crippen LogP) is 2.33. The van der Waals surface area contributed by atoms with E-state index < -0.39 is 9.84 Å². The molecule has 1 aromatic carbocycles. The number of carbonyl (C=O) groups excluding carboxylic acids is 1. The molecule has 122 valence electrons. The zero-order chi connectivity index (χ0) is 16.2. The Balaban J connectivity index is 2.03. The maximum absolute atomic E-state index is 12.3. The van der Waals surface area contributed by atoms with Gasteiger partial charge in [0.05, 0.1) is 22.0 Å². The molecule has 5 nitrogen and oxygen atoms in total. The van der Waals surface area contributed by atoms with Crippen molar-refractivity contribution in [2.24, 2.45) is 0 Å². The number of ether oxygens (including phenoxy) is 1. The summed E-state index contributed by atoms with van der Waals surface area (Å²) in [4.78, 5) is 12.1. The lowest BCUT2D eigenvalue weighted by atomic mass is 10.3. The molecule has 0 spiro atoms. The molecule has 0 radical (unpaired) electrons. The fraction of sp³-hybridized carbons (Fsp3) is 0.533. The first-order valence-corrected chi connectivity index (χ1v) is 10.1. The van der Waals surface area contributed by atoms with Gasteiger partial charge in [0, 0.05) is 12.3 Å². The molecule has 0 aliphatic carbocycles. The van der Waals surface area contributed by atoms with Crippen LogP contribution in [0.4, 0.5) is 5.69 Å². The molecule has 1 N–H and O–H groups in total. The molecule has 1 aliphatic rings. The van der Waals surface area contributed by atoms with E-state index in [2.05, 4.69) is 5.32 Å². The Morgan fingerprint density at radius 3 is 2.64 bits per heavy atom. The number of anilines is 1. The van der Waals surface area contributed by atoms with Gasteiger partial charge in [-0.3, -0.25) is 4.79 Å². The van der Waals surface area contributed by atoms with Crippen molar-refractivity contribution >= 4 is 33.2 Å². The molecule has 0 aromatic heterocycles. The highest BCUT2D eigenvalue weighted by atomic mass is 32.2. The SMILES string of the molecule is CS[C@H](C)C(=O)Nc1ccc(S(=O)(=O)C[C@@H]2CCCO2)cc1. The zero-order valence-corrected chi connectivity index (χ0v) is 14.4. The van der Waals surface area contributed by atoms with Crippen molar-refractivity contribution in [1.82, 2.24) is 0 Å². The van der Waals surface area contributed by atoms with E-state index in [1.165, 1.54) is 23.9 Å². The van der Waals surface area contributed by atoms with Crippen LogP contribution in [0.5, 0.6) is 0 Å². The first kappa shape index (κ1) is 17.3. The molecular formula is C15H21NO4S2. The van der Waals surface area contributed by atoms with Crippen LogP contribution in [0.1, 0.15) is 19.8 Å². The third-order valence-corrected chi connectivity index (χ3v) is 6.36. The van der Waals surface area contributed by atoms with Gasteiger partial charge in [0.25, 0.3) is 0 Å². The summed E-state index contributed by atoms with van der Waals surface area (Å²) in [6, 6.07) is 6.30. The standard InChI is InChI=1S/C15H21NO4S2/c1-11(21-2)15(17)16-12-5-7-14(8-6-12)22(18,19)10-13-4-3-9-20-13/h5-8,11,13H,3-4,9-10H2,1-2H3,(H,16,17)/t11-,13+/m1/s1. The maximum Gasteiger partial charge on any atom is 0.237 e. The molecule has 7 heteroatoms. The number of amides is 1. The second-order valence-corrected chi connectivity index (χ2v) is 8.52. The van der Waals surface area contributed by atoms with Crippen LogP contribution in [0.25, 0.3) is 0 Å². The van der Waals surface area contributed by atoms with E-state index in [1.54, 1.807) is 12.1 Å². The van der Waals surface area contributed by atoms with Gasteiger partial charge in [0.1, 0.15) is 0 Å².